The van der Waals surface area contributed by atoms with E-state index in [4.69, 9.17) is 5.84 Å². The van der Waals surface area contributed by atoms with E-state index in [1.54, 1.807) is 17.8 Å². The van der Waals surface area contributed by atoms with Crippen molar-refractivity contribution in [2.45, 2.75) is 17.4 Å². The molecule has 0 spiro atoms. The van der Waals surface area contributed by atoms with Crippen LogP contribution in [-0.2, 0) is 6.42 Å². The van der Waals surface area contributed by atoms with E-state index < -0.39 is 0 Å². The molecule has 3 N–H and O–H groups in total. The van der Waals surface area contributed by atoms with Crippen LogP contribution in [0.2, 0.25) is 0 Å². The van der Waals surface area contributed by atoms with Gasteiger partial charge in [0, 0.05) is 25.6 Å². The van der Waals surface area contributed by atoms with E-state index in [9.17, 15) is 4.39 Å². The molecule has 21 heavy (non-hydrogen) atoms. The summed E-state index contributed by atoms with van der Waals surface area (Å²) in [6.07, 6.45) is 0.677. The first-order valence-corrected chi connectivity index (χ1v) is 8.93. The molecule has 0 aliphatic heterocycles. The molecule has 0 amide bonds. The number of thioether (sulfide) groups is 1. The maximum atomic E-state index is 13.4. The SMILES string of the molecule is NNC(CSc1ccc(Br)cc1)Cc1cc(F)cc(Br)c1. The molecular weight excluding hydrogens is 419 g/mol. The lowest BCUT2D eigenvalue weighted by Crippen LogP contribution is -2.38. The zero-order chi connectivity index (χ0) is 15.2. The highest BCUT2D eigenvalue weighted by Crippen LogP contribution is 2.23. The molecule has 0 fully saturated rings. The summed E-state index contributed by atoms with van der Waals surface area (Å²) in [5, 5.41) is 0. The molecule has 2 aromatic rings. The minimum Gasteiger partial charge on any atom is -0.271 e. The maximum Gasteiger partial charge on any atom is 0.124 e. The van der Waals surface area contributed by atoms with Gasteiger partial charge >= 0.3 is 0 Å². The molecule has 112 valence electrons. The Labute approximate surface area is 144 Å². The number of nitrogens with two attached hydrogens (primary N) is 1. The molecule has 1 unspecified atom stereocenters. The summed E-state index contributed by atoms with van der Waals surface area (Å²) in [6.45, 7) is 0. The Hall–Kier alpha value is -0.400. The zero-order valence-electron chi connectivity index (χ0n) is 11.2. The molecule has 6 heteroatoms. The monoisotopic (exact) mass is 432 g/mol. The normalized spacial score (nSPS) is 12.4. The van der Waals surface area contributed by atoms with Crippen LogP contribution in [0, 0.1) is 5.82 Å². The number of hydrazine groups is 1. The molecule has 2 aromatic carbocycles. The predicted molar refractivity (Wildman–Crippen MR) is 93.8 cm³/mol. The zero-order valence-corrected chi connectivity index (χ0v) is 15.1. The van der Waals surface area contributed by atoms with Crippen LogP contribution in [0.1, 0.15) is 5.56 Å². The van der Waals surface area contributed by atoms with Gasteiger partial charge in [0.2, 0.25) is 0 Å². The minimum atomic E-state index is -0.240. The van der Waals surface area contributed by atoms with Crippen molar-refractivity contribution in [2.24, 2.45) is 5.84 Å². The Balaban J connectivity index is 1.95. The first kappa shape index (κ1) is 17.0. The average molecular weight is 434 g/mol. The number of hydrogen-bond acceptors (Lipinski definition) is 3. The van der Waals surface area contributed by atoms with Gasteiger partial charge in [-0.05, 0) is 54.4 Å². The summed E-state index contributed by atoms with van der Waals surface area (Å²) < 4.78 is 15.2. The van der Waals surface area contributed by atoms with E-state index in [2.05, 4.69) is 49.4 Å². The summed E-state index contributed by atoms with van der Waals surface area (Å²) in [7, 11) is 0. The molecule has 1 atom stereocenters. The van der Waals surface area contributed by atoms with Gasteiger partial charge in [0.15, 0.2) is 0 Å². The van der Waals surface area contributed by atoms with Crippen LogP contribution >= 0.6 is 43.6 Å². The summed E-state index contributed by atoms with van der Waals surface area (Å²) in [6, 6.07) is 13.1. The van der Waals surface area contributed by atoms with Crippen molar-refractivity contribution in [3.63, 3.8) is 0 Å². The van der Waals surface area contributed by atoms with Gasteiger partial charge in [-0.3, -0.25) is 11.3 Å². The second-order valence-corrected chi connectivity index (χ2v) is 7.54. The van der Waals surface area contributed by atoms with Crippen molar-refractivity contribution in [1.29, 1.82) is 0 Å². The summed E-state index contributed by atoms with van der Waals surface area (Å²) in [5.74, 6) is 6.18. The second kappa shape index (κ2) is 8.29. The number of hydrogen-bond donors (Lipinski definition) is 2. The third-order valence-corrected chi connectivity index (χ3v) is 5.07. The topological polar surface area (TPSA) is 38.0 Å². The van der Waals surface area contributed by atoms with Crippen LogP contribution in [0.5, 0.6) is 0 Å². The van der Waals surface area contributed by atoms with Crippen molar-refractivity contribution in [3.05, 3.63) is 62.8 Å². The average Bonchev–Trinajstić information content (AvgIpc) is 2.44. The lowest BCUT2D eigenvalue weighted by atomic mass is 10.1. The lowest BCUT2D eigenvalue weighted by Gasteiger charge is -2.16. The summed E-state index contributed by atoms with van der Waals surface area (Å²) in [5.41, 5.74) is 3.72. The molecule has 0 bridgehead atoms. The van der Waals surface area contributed by atoms with Gasteiger partial charge in [0.1, 0.15) is 5.82 Å². The first-order chi connectivity index (χ1) is 10.1. The lowest BCUT2D eigenvalue weighted by molar-refractivity contribution is 0.570. The van der Waals surface area contributed by atoms with Crippen molar-refractivity contribution in [3.8, 4) is 0 Å². The Kier molecular flexibility index (Phi) is 6.70. The van der Waals surface area contributed by atoms with Gasteiger partial charge in [-0.25, -0.2) is 4.39 Å². The largest absolute Gasteiger partial charge is 0.271 e. The Bertz CT molecular complexity index is 572. The quantitative estimate of drug-likeness (QED) is 0.399. The van der Waals surface area contributed by atoms with Crippen molar-refractivity contribution in [2.75, 3.05) is 5.75 Å². The molecule has 2 rings (SSSR count). The molecule has 0 aliphatic rings. The fourth-order valence-electron chi connectivity index (χ4n) is 1.91. The number of rotatable bonds is 6. The van der Waals surface area contributed by atoms with Gasteiger partial charge in [-0.1, -0.05) is 31.9 Å². The fraction of sp³-hybridized carbons (Fsp3) is 0.200. The van der Waals surface area contributed by atoms with Crippen molar-refractivity contribution < 1.29 is 4.39 Å². The Morgan fingerprint density at radius 2 is 1.81 bits per heavy atom. The van der Waals surface area contributed by atoms with Gasteiger partial charge in [0.05, 0.1) is 0 Å². The third-order valence-electron chi connectivity index (χ3n) is 2.90. The highest BCUT2D eigenvalue weighted by atomic mass is 79.9. The Morgan fingerprint density at radius 1 is 1.10 bits per heavy atom. The maximum absolute atomic E-state index is 13.4. The van der Waals surface area contributed by atoms with E-state index in [0.29, 0.717) is 6.42 Å². The molecule has 0 heterocycles. The number of benzene rings is 2. The van der Waals surface area contributed by atoms with Gasteiger partial charge < -0.3 is 0 Å². The standard InChI is InChI=1S/C15H15Br2FN2S/c16-11-1-3-15(4-2-11)21-9-14(20-19)7-10-5-12(17)8-13(18)6-10/h1-6,8,14,20H,7,9,19H2. The molecule has 0 radical (unpaired) electrons. The second-order valence-electron chi connectivity index (χ2n) is 4.61. The summed E-state index contributed by atoms with van der Waals surface area (Å²) in [4.78, 5) is 1.18. The predicted octanol–water partition coefficient (Wildman–Crippen LogP) is 4.52. The van der Waals surface area contributed by atoms with Gasteiger partial charge in [-0.15, -0.1) is 11.8 Å². The van der Waals surface area contributed by atoms with Crippen LogP contribution in [-0.4, -0.2) is 11.8 Å². The van der Waals surface area contributed by atoms with E-state index >= 15 is 0 Å². The smallest absolute Gasteiger partial charge is 0.124 e. The van der Waals surface area contributed by atoms with Crippen LogP contribution in [0.15, 0.2) is 56.3 Å². The number of nitrogens with one attached hydrogen (secondary N) is 1. The van der Waals surface area contributed by atoms with Crippen molar-refractivity contribution >= 4 is 43.6 Å². The van der Waals surface area contributed by atoms with Gasteiger partial charge in [0.25, 0.3) is 0 Å². The molecule has 0 saturated carbocycles. The van der Waals surface area contributed by atoms with Crippen molar-refractivity contribution in [1.82, 2.24) is 5.43 Å². The van der Waals surface area contributed by atoms with E-state index in [1.807, 2.05) is 18.2 Å². The molecule has 0 saturated heterocycles. The van der Waals surface area contributed by atoms with E-state index in [-0.39, 0.29) is 11.9 Å². The molecule has 0 aromatic heterocycles. The molecule has 0 aliphatic carbocycles. The van der Waals surface area contributed by atoms with E-state index in [0.717, 1.165) is 20.3 Å². The van der Waals surface area contributed by atoms with Crippen LogP contribution in [0.25, 0.3) is 0 Å². The van der Waals surface area contributed by atoms with E-state index in [1.165, 1.54) is 11.0 Å². The Morgan fingerprint density at radius 3 is 2.43 bits per heavy atom. The fourth-order valence-corrected chi connectivity index (χ4v) is 3.62. The van der Waals surface area contributed by atoms with Crippen LogP contribution in [0.3, 0.4) is 0 Å². The highest BCUT2D eigenvalue weighted by Gasteiger charge is 2.10. The number of halogens is 3. The third kappa shape index (κ3) is 5.71. The first-order valence-electron chi connectivity index (χ1n) is 6.36. The van der Waals surface area contributed by atoms with Crippen LogP contribution < -0.4 is 11.3 Å². The molecule has 2 nitrogen and oxygen atoms in total. The minimum absolute atomic E-state index is 0.0762. The summed E-state index contributed by atoms with van der Waals surface area (Å²) >= 11 is 8.44. The highest BCUT2D eigenvalue weighted by molar-refractivity contribution is 9.10. The van der Waals surface area contributed by atoms with Crippen LogP contribution in [0.4, 0.5) is 4.39 Å². The van der Waals surface area contributed by atoms with Gasteiger partial charge in [-0.2, -0.15) is 0 Å². The molecular formula is C15H15Br2FN2S.